The van der Waals surface area contributed by atoms with Crippen LogP contribution >= 0.6 is 0 Å². The van der Waals surface area contributed by atoms with Crippen LogP contribution in [0.4, 0.5) is 0 Å². The van der Waals surface area contributed by atoms with Gasteiger partial charge in [-0.05, 0) is 66.7 Å². The van der Waals surface area contributed by atoms with Crippen molar-refractivity contribution < 1.29 is 0 Å². The summed E-state index contributed by atoms with van der Waals surface area (Å²) in [6.45, 7) is 19.1. The molecule has 2 unspecified atom stereocenters. The third-order valence-corrected chi connectivity index (χ3v) is 7.28. The second-order valence-electron chi connectivity index (χ2n) is 10.3. The molecule has 1 aromatic heterocycles. The van der Waals surface area contributed by atoms with Crippen molar-refractivity contribution in [2.45, 2.75) is 33.2 Å². The second kappa shape index (κ2) is 12.6. The molecule has 3 atom stereocenters. The molecule has 0 aliphatic heterocycles. The van der Waals surface area contributed by atoms with Crippen LogP contribution in [0, 0.1) is 18.8 Å². The molecule has 0 amide bonds. The Morgan fingerprint density at radius 3 is 2.37 bits per heavy atom. The second-order valence-corrected chi connectivity index (χ2v) is 10.3. The van der Waals surface area contributed by atoms with Gasteiger partial charge in [0.05, 0.1) is 11.0 Å². The molecule has 1 N–H and O–H groups in total. The zero-order valence-corrected chi connectivity index (χ0v) is 23.0. The number of benzene rings is 3. The van der Waals surface area contributed by atoms with E-state index in [0.717, 1.165) is 24.1 Å². The molecule has 5 rings (SSSR count). The lowest BCUT2D eigenvalue weighted by Crippen LogP contribution is -2.36. The van der Waals surface area contributed by atoms with Crippen molar-refractivity contribution in [1.29, 1.82) is 0 Å². The van der Waals surface area contributed by atoms with Gasteiger partial charge >= 0.3 is 0 Å². The van der Waals surface area contributed by atoms with Crippen molar-refractivity contribution in [3.63, 3.8) is 0 Å². The maximum absolute atomic E-state index is 3.99. The first kappa shape index (κ1) is 27.2. The summed E-state index contributed by atoms with van der Waals surface area (Å²) >= 11 is 0. The molecule has 0 saturated carbocycles. The highest BCUT2D eigenvalue weighted by atomic mass is 15.0. The molecule has 0 saturated heterocycles. The molecule has 3 aromatic carbocycles. The number of hydrogen-bond donors (Lipinski definition) is 1. The molecule has 1 heterocycles. The summed E-state index contributed by atoms with van der Waals surface area (Å²) in [5, 5.41) is 5.93. The normalized spacial score (nSPS) is 19.1. The lowest BCUT2D eigenvalue weighted by atomic mass is 9.85. The van der Waals surface area contributed by atoms with Crippen LogP contribution in [0.15, 0.2) is 123 Å². The summed E-state index contributed by atoms with van der Waals surface area (Å²) in [4.78, 5) is 0. The smallest absolute Gasteiger partial charge is 0.0541 e. The fourth-order valence-electron chi connectivity index (χ4n) is 5.41. The van der Waals surface area contributed by atoms with Gasteiger partial charge in [-0.25, -0.2) is 0 Å². The van der Waals surface area contributed by atoms with Crippen LogP contribution in [0.25, 0.3) is 38.6 Å². The monoisotopic (exact) mass is 500 g/mol. The minimum atomic E-state index is 0.555. The first-order chi connectivity index (χ1) is 18.5. The highest BCUT2D eigenvalue weighted by Gasteiger charge is 2.19. The summed E-state index contributed by atoms with van der Waals surface area (Å²) in [6.07, 6.45) is 13.5. The standard InChI is InChI=1S/C25H21N.C11H19N/c1-4-9-21(5-2)26-24-13-7-6-12-22(24)23-17-20(14-15-25(23)26)19-11-8-10-18(3)16-19;1-4-7-12-11-6-5-9(2)8-10(11)3/h4-17H,1-2H2,3H3;4-6,9-12H,1,7-8H2,2-3H3/b21-9+;/t;9-,10?,11?/m.0/s1. The van der Waals surface area contributed by atoms with Crippen LogP contribution in [0.3, 0.4) is 0 Å². The Morgan fingerprint density at radius 1 is 0.895 bits per heavy atom. The summed E-state index contributed by atoms with van der Waals surface area (Å²) in [6, 6.07) is 24.4. The van der Waals surface area contributed by atoms with E-state index in [1.165, 1.54) is 44.9 Å². The lowest BCUT2D eigenvalue weighted by Gasteiger charge is -2.28. The molecule has 0 spiro atoms. The number of aryl methyl sites for hydroxylation is 1. The van der Waals surface area contributed by atoms with E-state index in [9.17, 15) is 0 Å². The highest BCUT2D eigenvalue weighted by molar-refractivity contribution is 6.11. The van der Waals surface area contributed by atoms with E-state index >= 15 is 0 Å². The average Bonchev–Trinajstić information content (AvgIpc) is 3.25. The topological polar surface area (TPSA) is 17.0 Å². The fraction of sp³-hybridized carbons (Fsp3) is 0.222. The third kappa shape index (κ3) is 5.98. The molecular weight excluding hydrogens is 460 g/mol. The third-order valence-electron chi connectivity index (χ3n) is 7.28. The maximum Gasteiger partial charge on any atom is 0.0541 e. The Labute approximate surface area is 228 Å². The van der Waals surface area contributed by atoms with Gasteiger partial charge in [0.1, 0.15) is 0 Å². The predicted octanol–water partition coefficient (Wildman–Crippen LogP) is 9.35. The number of nitrogens with zero attached hydrogens (tertiary/aromatic N) is 1. The number of allylic oxidation sites excluding steroid dienone is 5. The average molecular weight is 501 g/mol. The zero-order chi connectivity index (χ0) is 27.1. The van der Waals surface area contributed by atoms with Crippen molar-refractivity contribution in [3.05, 3.63) is 128 Å². The van der Waals surface area contributed by atoms with Gasteiger partial charge in [-0.15, -0.1) is 6.58 Å². The van der Waals surface area contributed by atoms with Crippen molar-refractivity contribution in [3.8, 4) is 11.1 Å². The van der Waals surface area contributed by atoms with Crippen LogP contribution in [0.1, 0.15) is 25.8 Å². The van der Waals surface area contributed by atoms with Crippen LogP contribution in [0.5, 0.6) is 0 Å². The molecule has 38 heavy (non-hydrogen) atoms. The quantitative estimate of drug-likeness (QED) is 0.198. The Balaban J connectivity index is 0.000000236. The Kier molecular flexibility index (Phi) is 8.99. The van der Waals surface area contributed by atoms with Gasteiger partial charge in [0.25, 0.3) is 0 Å². The molecule has 2 nitrogen and oxygen atoms in total. The minimum Gasteiger partial charge on any atom is -0.309 e. The van der Waals surface area contributed by atoms with Gasteiger partial charge in [-0.1, -0.05) is 105 Å². The molecule has 2 heteroatoms. The molecule has 1 aliphatic rings. The Hall–Kier alpha value is -3.88. The van der Waals surface area contributed by atoms with E-state index < -0.39 is 0 Å². The highest BCUT2D eigenvalue weighted by Crippen LogP contribution is 2.35. The fourth-order valence-corrected chi connectivity index (χ4v) is 5.41. The van der Waals surface area contributed by atoms with Gasteiger partial charge in [-0.3, -0.25) is 0 Å². The molecule has 0 fully saturated rings. The summed E-state index contributed by atoms with van der Waals surface area (Å²) in [5.74, 6) is 1.51. The molecule has 4 aromatic rings. The number of para-hydroxylation sites is 1. The van der Waals surface area contributed by atoms with Gasteiger partial charge in [0.15, 0.2) is 0 Å². The predicted molar refractivity (Wildman–Crippen MR) is 168 cm³/mol. The van der Waals surface area contributed by atoms with Crippen LogP contribution in [-0.4, -0.2) is 17.2 Å². The number of fused-ring (bicyclic) bond motifs is 3. The summed E-state index contributed by atoms with van der Waals surface area (Å²) in [7, 11) is 0. The van der Waals surface area contributed by atoms with E-state index in [1.807, 2.05) is 18.2 Å². The van der Waals surface area contributed by atoms with Crippen molar-refractivity contribution >= 4 is 27.5 Å². The molecule has 1 aliphatic carbocycles. The van der Waals surface area contributed by atoms with Gasteiger partial charge in [0, 0.05) is 29.1 Å². The van der Waals surface area contributed by atoms with E-state index in [1.54, 1.807) is 6.08 Å². The zero-order valence-electron chi connectivity index (χ0n) is 23.0. The number of rotatable bonds is 7. The molecule has 0 bridgehead atoms. The summed E-state index contributed by atoms with van der Waals surface area (Å²) < 4.78 is 2.25. The van der Waals surface area contributed by atoms with E-state index in [2.05, 4.69) is 129 Å². The Morgan fingerprint density at radius 2 is 1.66 bits per heavy atom. The first-order valence-electron chi connectivity index (χ1n) is 13.5. The van der Waals surface area contributed by atoms with Crippen LogP contribution < -0.4 is 5.32 Å². The van der Waals surface area contributed by atoms with Gasteiger partial charge in [0.2, 0.25) is 0 Å². The molecular formula is C36H40N2. The Bertz CT molecular complexity index is 1500. The molecule has 0 radical (unpaired) electrons. The summed E-state index contributed by atoms with van der Waals surface area (Å²) in [5.41, 5.74) is 7.13. The van der Waals surface area contributed by atoms with Crippen LogP contribution in [-0.2, 0) is 0 Å². The van der Waals surface area contributed by atoms with Gasteiger partial charge in [-0.2, -0.15) is 0 Å². The van der Waals surface area contributed by atoms with Crippen LogP contribution in [0.2, 0.25) is 0 Å². The first-order valence-corrected chi connectivity index (χ1v) is 13.5. The van der Waals surface area contributed by atoms with E-state index in [-0.39, 0.29) is 0 Å². The van der Waals surface area contributed by atoms with Crippen molar-refractivity contribution in [2.75, 3.05) is 6.54 Å². The SMILES string of the molecule is C=C/C=C(\C=C)n1c2ccccc2c2cc(-c3cccc(C)c3)ccc21.C=CCNC1C=C[C@H](C)CC1C. The van der Waals surface area contributed by atoms with Crippen molar-refractivity contribution in [1.82, 2.24) is 9.88 Å². The lowest BCUT2D eigenvalue weighted by molar-refractivity contribution is 0.366. The largest absolute Gasteiger partial charge is 0.309 e. The van der Waals surface area contributed by atoms with E-state index in [4.69, 9.17) is 0 Å². The minimum absolute atomic E-state index is 0.555. The van der Waals surface area contributed by atoms with Crippen molar-refractivity contribution in [2.24, 2.45) is 11.8 Å². The maximum atomic E-state index is 3.99. The van der Waals surface area contributed by atoms with E-state index in [0.29, 0.717) is 6.04 Å². The number of nitrogens with one attached hydrogen (secondary N) is 1. The van der Waals surface area contributed by atoms with Gasteiger partial charge < -0.3 is 9.88 Å². The molecule has 194 valence electrons. The number of aromatic nitrogens is 1. The number of hydrogen-bond acceptors (Lipinski definition) is 1.